The third kappa shape index (κ3) is 3.41. The predicted molar refractivity (Wildman–Crippen MR) is 78.0 cm³/mol. The lowest BCUT2D eigenvalue weighted by molar-refractivity contribution is 0.300. The Bertz CT molecular complexity index is 515. The zero-order chi connectivity index (χ0) is 13.7. The summed E-state index contributed by atoms with van der Waals surface area (Å²) >= 11 is 3.43. The summed E-state index contributed by atoms with van der Waals surface area (Å²) in [7, 11) is 3.22. The highest BCUT2D eigenvalue weighted by molar-refractivity contribution is 9.10. The second-order valence-electron chi connectivity index (χ2n) is 3.92. The van der Waals surface area contributed by atoms with Crippen molar-refractivity contribution in [3.8, 4) is 17.2 Å². The fourth-order valence-corrected chi connectivity index (χ4v) is 2.22. The summed E-state index contributed by atoms with van der Waals surface area (Å²) in [5.74, 6) is 2.07. The average Bonchev–Trinajstić information content (AvgIpc) is 2.47. The van der Waals surface area contributed by atoms with Crippen LogP contribution in [-0.2, 0) is 6.61 Å². The van der Waals surface area contributed by atoms with Gasteiger partial charge in [-0.05, 0) is 21.5 Å². The molecule has 2 aromatic carbocycles. The summed E-state index contributed by atoms with van der Waals surface area (Å²) in [5, 5.41) is 0. The summed E-state index contributed by atoms with van der Waals surface area (Å²) in [6, 6.07) is 13.7. The van der Waals surface area contributed by atoms with Crippen molar-refractivity contribution in [1.82, 2.24) is 0 Å². The Labute approximate surface area is 121 Å². The van der Waals surface area contributed by atoms with E-state index in [0.717, 1.165) is 10.0 Å². The van der Waals surface area contributed by atoms with E-state index in [1.165, 1.54) is 0 Å². The van der Waals surface area contributed by atoms with E-state index in [4.69, 9.17) is 14.2 Å². The minimum absolute atomic E-state index is 0.509. The standard InChI is InChI=1S/C15H15BrO3/c1-17-13-8-12(9-14(18-2)15(13)16)19-10-11-6-4-3-5-7-11/h3-9H,10H2,1-2H3. The molecule has 3 nitrogen and oxygen atoms in total. The molecule has 0 saturated heterocycles. The van der Waals surface area contributed by atoms with Gasteiger partial charge in [-0.3, -0.25) is 0 Å². The van der Waals surface area contributed by atoms with Gasteiger partial charge in [-0.25, -0.2) is 0 Å². The van der Waals surface area contributed by atoms with Gasteiger partial charge in [0.15, 0.2) is 0 Å². The predicted octanol–water partition coefficient (Wildman–Crippen LogP) is 4.05. The van der Waals surface area contributed by atoms with E-state index in [1.807, 2.05) is 42.5 Å². The molecular formula is C15H15BrO3. The summed E-state index contributed by atoms with van der Waals surface area (Å²) in [6.45, 7) is 0.509. The number of ether oxygens (including phenoxy) is 3. The van der Waals surface area contributed by atoms with Crippen molar-refractivity contribution in [3.63, 3.8) is 0 Å². The number of halogens is 1. The van der Waals surface area contributed by atoms with E-state index in [9.17, 15) is 0 Å². The molecule has 0 N–H and O–H groups in total. The van der Waals surface area contributed by atoms with Gasteiger partial charge in [0.05, 0.1) is 14.2 Å². The van der Waals surface area contributed by atoms with Crippen molar-refractivity contribution in [2.24, 2.45) is 0 Å². The molecule has 0 aromatic heterocycles. The molecule has 0 aliphatic rings. The molecule has 4 heteroatoms. The molecule has 0 unspecified atom stereocenters. The zero-order valence-corrected chi connectivity index (χ0v) is 12.4. The van der Waals surface area contributed by atoms with Gasteiger partial charge < -0.3 is 14.2 Å². The topological polar surface area (TPSA) is 27.7 Å². The van der Waals surface area contributed by atoms with Crippen LogP contribution in [0, 0.1) is 0 Å². The Kier molecular flexibility index (Phi) is 4.68. The van der Waals surface area contributed by atoms with Crippen LogP contribution in [0.4, 0.5) is 0 Å². The quantitative estimate of drug-likeness (QED) is 0.831. The zero-order valence-electron chi connectivity index (χ0n) is 10.9. The maximum atomic E-state index is 5.75. The van der Waals surface area contributed by atoms with Gasteiger partial charge in [-0.2, -0.15) is 0 Å². The number of methoxy groups -OCH3 is 2. The summed E-state index contributed by atoms with van der Waals surface area (Å²) in [4.78, 5) is 0. The molecule has 0 spiro atoms. The highest BCUT2D eigenvalue weighted by Crippen LogP contribution is 2.38. The molecule has 2 aromatic rings. The number of benzene rings is 2. The van der Waals surface area contributed by atoms with Crippen molar-refractivity contribution in [3.05, 3.63) is 52.5 Å². The minimum atomic E-state index is 0.509. The first kappa shape index (κ1) is 13.7. The first-order valence-electron chi connectivity index (χ1n) is 5.83. The van der Waals surface area contributed by atoms with Crippen LogP contribution in [0.5, 0.6) is 17.2 Å². The van der Waals surface area contributed by atoms with E-state index in [2.05, 4.69) is 15.9 Å². The molecule has 0 fully saturated rings. The number of rotatable bonds is 5. The van der Waals surface area contributed by atoms with Gasteiger partial charge in [-0.1, -0.05) is 30.3 Å². The molecule has 0 saturated carbocycles. The second-order valence-corrected chi connectivity index (χ2v) is 4.71. The van der Waals surface area contributed by atoms with Crippen molar-refractivity contribution < 1.29 is 14.2 Å². The molecule has 0 radical (unpaired) electrons. The smallest absolute Gasteiger partial charge is 0.140 e. The monoisotopic (exact) mass is 322 g/mol. The van der Waals surface area contributed by atoms with Gasteiger partial charge in [0.25, 0.3) is 0 Å². The molecule has 0 heterocycles. The second kappa shape index (κ2) is 6.48. The lowest BCUT2D eigenvalue weighted by atomic mass is 10.2. The Morgan fingerprint density at radius 3 is 2.05 bits per heavy atom. The Balaban J connectivity index is 2.16. The van der Waals surface area contributed by atoms with Gasteiger partial charge in [-0.15, -0.1) is 0 Å². The van der Waals surface area contributed by atoms with E-state index in [0.29, 0.717) is 23.9 Å². The molecule has 0 bridgehead atoms. The highest BCUT2D eigenvalue weighted by atomic mass is 79.9. The van der Waals surface area contributed by atoms with Crippen LogP contribution in [-0.4, -0.2) is 14.2 Å². The van der Waals surface area contributed by atoms with Crippen LogP contribution in [0.25, 0.3) is 0 Å². The van der Waals surface area contributed by atoms with Gasteiger partial charge in [0.1, 0.15) is 28.3 Å². The van der Waals surface area contributed by atoms with Crippen molar-refractivity contribution in [2.45, 2.75) is 6.61 Å². The maximum Gasteiger partial charge on any atom is 0.140 e. The van der Waals surface area contributed by atoms with Gasteiger partial charge in [0.2, 0.25) is 0 Å². The number of hydrogen-bond acceptors (Lipinski definition) is 3. The van der Waals surface area contributed by atoms with Crippen LogP contribution in [0.2, 0.25) is 0 Å². The Morgan fingerprint density at radius 1 is 0.947 bits per heavy atom. The molecule has 0 amide bonds. The van der Waals surface area contributed by atoms with Crippen molar-refractivity contribution >= 4 is 15.9 Å². The molecule has 2 rings (SSSR count). The van der Waals surface area contributed by atoms with Crippen LogP contribution < -0.4 is 14.2 Å². The van der Waals surface area contributed by atoms with Crippen LogP contribution >= 0.6 is 15.9 Å². The third-order valence-electron chi connectivity index (χ3n) is 2.67. The lowest BCUT2D eigenvalue weighted by Crippen LogP contribution is -1.97. The van der Waals surface area contributed by atoms with E-state index in [1.54, 1.807) is 14.2 Å². The Morgan fingerprint density at radius 2 is 1.53 bits per heavy atom. The fourth-order valence-electron chi connectivity index (χ4n) is 1.67. The van der Waals surface area contributed by atoms with Crippen molar-refractivity contribution in [2.75, 3.05) is 14.2 Å². The third-order valence-corrected chi connectivity index (χ3v) is 3.45. The fraction of sp³-hybridized carbons (Fsp3) is 0.200. The SMILES string of the molecule is COc1cc(OCc2ccccc2)cc(OC)c1Br. The maximum absolute atomic E-state index is 5.75. The molecule has 100 valence electrons. The van der Waals surface area contributed by atoms with Gasteiger partial charge >= 0.3 is 0 Å². The lowest BCUT2D eigenvalue weighted by Gasteiger charge is -2.12. The number of hydrogen-bond donors (Lipinski definition) is 0. The largest absolute Gasteiger partial charge is 0.495 e. The molecular weight excluding hydrogens is 308 g/mol. The summed E-state index contributed by atoms with van der Waals surface area (Å²) < 4.78 is 17.1. The van der Waals surface area contributed by atoms with E-state index < -0.39 is 0 Å². The highest BCUT2D eigenvalue weighted by Gasteiger charge is 2.10. The average molecular weight is 323 g/mol. The normalized spacial score (nSPS) is 10.1. The molecule has 0 aliphatic carbocycles. The van der Waals surface area contributed by atoms with Crippen molar-refractivity contribution in [1.29, 1.82) is 0 Å². The molecule has 0 atom stereocenters. The van der Waals surface area contributed by atoms with E-state index in [-0.39, 0.29) is 0 Å². The summed E-state index contributed by atoms with van der Waals surface area (Å²) in [5.41, 5.74) is 1.11. The molecule has 19 heavy (non-hydrogen) atoms. The molecule has 0 aliphatic heterocycles. The van der Waals surface area contributed by atoms with Crippen LogP contribution in [0.15, 0.2) is 46.9 Å². The first-order valence-corrected chi connectivity index (χ1v) is 6.62. The first-order chi connectivity index (χ1) is 9.24. The van der Waals surface area contributed by atoms with E-state index >= 15 is 0 Å². The van der Waals surface area contributed by atoms with Gasteiger partial charge in [0, 0.05) is 12.1 Å². The van der Waals surface area contributed by atoms with Crippen LogP contribution in [0.1, 0.15) is 5.56 Å². The Hall–Kier alpha value is -1.68. The minimum Gasteiger partial charge on any atom is -0.495 e. The summed E-state index contributed by atoms with van der Waals surface area (Å²) in [6.07, 6.45) is 0. The van der Waals surface area contributed by atoms with Crippen LogP contribution in [0.3, 0.4) is 0 Å².